The molecule has 0 atom stereocenters. The van der Waals surface area contributed by atoms with Crippen LogP contribution < -0.4 is 19.7 Å². The Kier molecular flexibility index (Phi) is 4.01. The Hall–Kier alpha value is -2.83. The van der Waals surface area contributed by atoms with Gasteiger partial charge in [0.05, 0.1) is 6.54 Å². The number of aromatic nitrogens is 2. The van der Waals surface area contributed by atoms with Gasteiger partial charge in [-0.2, -0.15) is 0 Å². The number of nitrogens with one attached hydrogen (secondary N) is 1. The number of fused-ring (bicyclic) bond motifs is 1. The minimum Gasteiger partial charge on any atom is -0.454 e. The maximum absolute atomic E-state index is 12.2. The molecule has 1 aromatic carbocycles. The Morgan fingerprint density at radius 3 is 2.78 bits per heavy atom. The van der Waals surface area contributed by atoms with Gasteiger partial charge in [-0.3, -0.25) is 4.79 Å². The number of anilines is 1. The third-order valence-electron chi connectivity index (χ3n) is 3.39. The zero-order valence-electron chi connectivity index (χ0n) is 13.3. The number of carbonyl (C=O) groups is 1. The fourth-order valence-corrected chi connectivity index (χ4v) is 2.22. The number of benzene rings is 1. The van der Waals surface area contributed by atoms with Gasteiger partial charge in [-0.15, -0.1) is 0 Å². The summed E-state index contributed by atoms with van der Waals surface area (Å²) in [5.41, 5.74) is 1.37. The van der Waals surface area contributed by atoms with Crippen LogP contribution in [0.15, 0.2) is 24.3 Å². The number of hydrogen-bond donors (Lipinski definition) is 1. The number of carbonyl (C=O) groups excluding carboxylic acids is 1. The van der Waals surface area contributed by atoms with Gasteiger partial charge >= 0.3 is 0 Å². The summed E-state index contributed by atoms with van der Waals surface area (Å²) in [6, 6.07) is 6.99. The van der Waals surface area contributed by atoms with Crippen LogP contribution in [0.5, 0.6) is 11.5 Å². The molecule has 1 aliphatic heterocycles. The second kappa shape index (κ2) is 6.12. The van der Waals surface area contributed by atoms with E-state index in [0.717, 1.165) is 11.5 Å². The monoisotopic (exact) mass is 314 g/mol. The van der Waals surface area contributed by atoms with Crippen molar-refractivity contribution < 1.29 is 14.3 Å². The molecule has 0 fully saturated rings. The molecular formula is C16H18N4O3. The zero-order valence-corrected chi connectivity index (χ0v) is 13.3. The average Bonchev–Trinajstić information content (AvgIpc) is 2.99. The molecule has 1 amide bonds. The van der Waals surface area contributed by atoms with Gasteiger partial charge in [0.1, 0.15) is 11.6 Å². The molecule has 120 valence electrons. The highest BCUT2D eigenvalue weighted by atomic mass is 16.7. The van der Waals surface area contributed by atoms with Gasteiger partial charge in [-0.05, 0) is 25.1 Å². The SMILES string of the molecule is Cc1cc(N(C)C)nc(CNC(=O)c2ccc3c(c2)OCO3)n1. The molecular weight excluding hydrogens is 296 g/mol. The molecule has 2 aromatic rings. The van der Waals surface area contributed by atoms with Crippen molar-refractivity contribution in [1.82, 2.24) is 15.3 Å². The van der Waals surface area contributed by atoms with E-state index < -0.39 is 0 Å². The van der Waals surface area contributed by atoms with Crippen LogP contribution in [0, 0.1) is 6.92 Å². The van der Waals surface area contributed by atoms with Gasteiger partial charge < -0.3 is 19.7 Å². The summed E-state index contributed by atoms with van der Waals surface area (Å²) < 4.78 is 10.5. The molecule has 0 aliphatic carbocycles. The molecule has 0 unspecified atom stereocenters. The zero-order chi connectivity index (χ0) is 16.4. The van der Waals surface area contributed by atoms with Gasteiger partial charge in [0.15, 0.2) is 11.5 Å². The first kappa shape index (κ1) is 15.1. The molecule has 1 N–H and O–H groups in total. The van der Waals surface area contributed by atoms with Crippen LogP contribution in [0.3, 0.4) is 0 Å². The number of hydrogen-bond acceptors (Lipinski definition) is 6. The van der Waals surface area contributed by atoms with Crippen molar-refractivity contribution >= 4 is 11.7 Å². The first-order valence-corrected chi connectivity index (χ1v) is 7.22. The van der Waals surface area contributed by atoms with E-state index in [9.17, 15) is 4.79 Å². The van der Waals surface area contributed by atoms with Crippen LogP contribution in [-0.2, 0) is 6.54 Å². The van der Waals surface area contributed by atoms with Crippen LogP contribution in [0.4, 0.5) is 5.82 Å². The third-order valence-corrected chi connectivity index (χ3v) is 3.39. The van der Waals surface area contributed by atoms with E-state index in [4.69, 9.17) is 9.47 Å². The predicted octanol–water partition coefficient (Wildman–Crippen LogP) is 1.51. The Balaban J connectivity index is 1.69. The summed E-state index contributed by atoms with van der Waals surface area (Å²) in [4.78, 5) is 22.9. The molecule has 0 saturated heterocycles. The van der Waals surface area contributed by atoms with Crippen molar-refractivity contribution in [2.75, 3.05) is 25.8 Å². The topological polar surface area (TPSA) is 76.6 Å². The molecule has 2 heterocycles. The smallest absolute Gasteiger partial charge is 0.251 e. The van der Waals surface area contributed by atoms with Crippen LogP contribution in [0.2, 0.25) is 0 Å². The van der Waals surface area contributed by atoms with Crippen molar-refractivity contribution in [3.63, 3.8) is 0 Å². The van der Waals surface area contributed by atoms with Crippen molar-refractivity contribution in [3.05, 3.63) is 41.3 Å². The lowest BCUT2D eigenvalue weighted by Gasteiger charge is -2.13. The second-order valence-corrected chi connectivity index (χ2v) is 5.43. The number of amides is 1. The van der Waals surface area contributed by atoms with Crippen LogP contribution in [-0.4, -0.2) is 36.8 Å². The van der Waals surface area contributed by atoms with E-state index in [0.29, 0.717) is 22.9 Å². The number of nitrogens with zero attached hydrogens (tertiary/aromatic N) is 3. The standard InChI is InChI=1S/C16H18N4O3/c1-10-6-15(20(2)3)19-14(18-10)8-17-16(21)11-4-5-12-13(7-11)23-9-22-12/h4-7H,8-9H2,1-3H3,(H,17,21). The van der Waals surface area contributed by atoms with E-state index >= 15 is 0 Å². The van der Waals surface area contributed by atoms with Crippen LogP contribution in [0.25, 0.3) is 0 Å². The molecule has 1 aliphatic rings. The minimum atomic E-state index is -0.209. The van der Waals surface area contributed by atoms with Gasteiger partial charge in [-0.1, -0.05) is 0 Å². The van der Waals surface area contributed by atoms with Gasteiger partial charge in [0, 0.05) is 31.4 Å². The maximum atomic E-state index is 12.2. The first-order valence-electron chi connectivity index (χ1n) is 7.22. The predicted molar refractivity (Wildman–Crippen MR) is 84.8 cm³/mol. The lowest BCUT2D eigenvalue weighted by Crippen LogP contribution is -2.24. The van der Waals surface area contributed by atoms with Gasteiger partial charge in [-0.25, -0.2) is 9.97 Å². The molecule has 0 bridgehead atoms. The molecule has 0 radical (unpaired) electrons. The van der Waals surface area contributed by atoms with Gasteiger partial charge in [0.25, 0.3) is 5.91 Å². The lowest BCUT2D eigenvalue weighted by molar-refractivity contribution is 0.0949. The fraction of sp³-hybridized carbons (Fsp3) is 0.312. The quantitative estimate of drug-likeness (QED) is 0.922. The van der Waals surface area contributed by atoms with E-state index in [2.05, 4.69) is 15.3 Å². The maximum Gasteiger partial charge on any atom is 0.251 e. The fourth-order valence-electron chi connectivity index (χ4n) is 2.22. The highest BCUT2D eigenvalue weighted by Crippen LogP contribution is 2.32. The Bertz CT molecular complexity index is 746. The Labute approximate surface area is 134 Å². The summed E-state index contributed by atoms with van der Waals surface area (Å²) in [5, 5.41) is 2.82. The van der Waals surface area contributed by atoms with E-state index in [-0.39, 0.29) is 19.2 Å². The van der Waals surface area contributed by atoms with Crippen molar-refractivity contribution in [2.24, 2.45) is 0 Å². The summed E-state index contributed by atoms with van der Waals surface area (Å²) in [6.07, 6.45) is 0. The summed E-state index contributed by atoms with van der Waals surface area (Å²) in [6.45, 7) is 2.35. The molecule has 3 rings (SSSR count). The second-order valence-electron chi connectivity index (χ2n) is 5.43. The lowest BCUT2D eigenvalue weighted by atomic mass is 10.2. The van der Waals surface area contributed by atoms with E-state index in [1.165, 1.54) is 0 Å². The molecule has 7 nitrogen and oxygen atoms in total. The molecule has 7 heteroatoms. The summed E-state index contributed by atoms with van der Waals surface area (Å²) in [5.74, 6) is 2.41. The highest BCUT2D eigenvalue weighted by Gasteiger charge is 2.16. The van der Waals surface area contributed by atoms with Crippen LogP contribution in [0.1, 0.15) is 21.9 Å². The molecule has 0 spiro atoms. The largest absolute Gasteiger partial charge is 0.454 e. The first-order chi connectivity index (χ1) is 11.0. The number of ether oxygens (including phenoxy) is 2. The Morgan fingerprint density at radius 2 is 2.00 bits per heavy atom. The molecule has 1 aromatic heterocycles. The minimum absolute atomic E-state index is 0.185. The number of rotatable bonds is 4. The molecule has 0 saturated carbocycles. The van der Waals surface area contributed by atoms with E-state index in [1.54, 1.807) is 18.2 Å². The van der Waals surface area contributed by atoms with Crippen molar-refractivity contribution in [3.8, 4) is 11.5 Å². The highest BCUT2D eigenvalue weighted by molar-refractivity contribution is 5.94. The summed E-state index contributed by atoms with van der Waals surface area (Å²) >= 11 is 0. The van der Waals surface area contributed by atoms with Crippen molar-refractivity contribution in [1.29, 1.82) is 0 Å². The average molecular weight is 314 g/mol. The van der Waals surface area contributed by atoms with Gasteiger partial charge in [0.2, 0.25) is 6.79 Å². The Morgan fingerprint density at radius 1 is 1.22 bits per heavy atom. The van der Waals surface area contributed by atoms with Crippen LogP contribution >= 0.6 is 0 Å². The normalized spacial score (nSPS) is 12.1. The van der Waals surface area contributed by atoms with Crippen molar-refractivity contribution in [2.45, 2.75) is 13.5 Å². The third kappa shape index (κ3) is 3.33. The number of aryl methyl sites for hydroxylation is 1. The molecule has 23 heavy (non-hydrogen) atoms. The summed E-state index contributed by atoms with van der Waals surface area (Å²) in [7, 11) is 3.83. The van der Waals surface area contributed by atoms with E-state index in [1.807, 2.05) is 32.0 Å².